The van der Waals surface area contributed by atoms with Gasteiger partial charge in [-0.3, -0.25) is 4.79 Å². The third-order valence-electron chi connectivity index (χ3n) is 3.49. The Balaban J connectivity index is 2.07. The van der Waals surface area contributed by atoms with Crippen LogP contribution in [0.15, 0.2) is 48.5 Å². The second-order valence-electron chi connectivity index (χ2n) is 4.92. The van der Waals surface area contributed by atoms with Crippen LogP contribution in [0.5, 0.6) is 0 Å². The molecule has 2 aromatic carbocycles. The highest BCUT2D eigenvalue weighted by molar-refractivity contribution is 6.31. The van der Waals surface area contributed by atoms with Crippen LogP contribution < -0.4 is 11.1 Å². The van der Waals surface area contributed by atoms with Crippen LogP contribution in [0.4, 0.5) is 0 Å². The molecule has 4 heteroatoms. The second-order valence-corrected chi connectivity index (χ2v) is 5.33. The van der Waals surface area contributed by atoms with Crippen molar-refractivity contribution in [2.45, 2.75) is 25.9 Å². The summed E-state index contributed by atoms with van der Waals surface area (Å²) in [4.78, 5) is 11.1. The second kappa shape index (κ2) is 7.25. The van der Waals surface area contributed by atoms with Crippen LogP contribution in [-0.2, 0) is 6.54 Å². The number of carbonyl (C=O) groups excluding carboxylic acids is 1. The molecule has 0 aliphatic heterocycles. The Kier molecular flexibility index (Phi) is 5.37. The molecule has 1 unspecified atom stereocenters. The van der Waals surface area contributed by atoms with Crippen molar-refractivity contribution in [3.05, 3.63) is 70.2 Å². The lowest BCUT2D eigenvalue weighted by molar-refractivity contribution is 0.100. The lowest BCUT2D eigenvalue weighted by atomic mass is 10.0. The third-order valence-corrected chi connectivity index (χ3v) is 3.84. The summed E-state index contributed by atoms with van der Waals surface area (Å²) in [6.45, 7) is 2.79. The first-order valence-electron chi connectivity index (χ1n) is 6.98. The zero-order valence-corrected chi connectivity index (χ0v) is 12.7. The molecule has 110 valence electrons. The lowest BCUT2D eigenvalue weighted by Crippen LogP contribution is -2.20. The first-order chi connectivity index (χ1) is 10.1. The van der Waals surface area contributed by atoms with Gasteiger partial charge in [-0.25, -0.2) is 0 Å². The standard InChI is InChI=1S/C17H19ClN2O/c1-2-16(12-6-4-3-5-7-12)20-11-14-9-8-13(17(19)21)10-15(14)18/h3-10,16,20H,2,11H2,1H3,(H2,19,21). The van der Waals surface area contributed by atoms with Gasteiger partial charge in [0.15, 0.2) is 0 Å². The molecule has 2 aromatic rings. The van der Waals surface area contributed by atoms with E-state index in [1.807, 2.05) is 24.3 Å². The van der Waals surface area contributed by atoms with Gasteiger partial charge in [-0.1, -0.05) is 54.9 Å². The summed E-state index contributed by atoms with van der Waals surface area (Å²) in [7, 11) is 0. The zero-order chi connectivity index (χ0) is 15.2. The molecule has 0 heterocycles. The zero-order valence-electron chi connectivity index (χ0n) is 12.0. The number of halogens is 1. The minimum absolute atomic E-state index is 0.276. The third kappa shape index (κ3) is 4.06. The molecule has 0 radical (unpaired) electrons. The molecule has 2 rings (SSSR count). The number of amides is 1. The summed E-state index contributed by atoms with van der Waals surface area (Å²) in [5.41, 5.74) is 7.88. The Morgan fingerprint density at radius 2 is 1.95 bits per heavy atom. The number of nitrogens with one attached hydrogen (secondary N) is 1. The maximum atomic E-state index is 11.1. The Hall–Kier alpha value is -1.84. The van der Waals surface area contributed by atoms with E-state index in [0.717, 1.165) is 12.0 Å². The Morgan fingerprint density at radius 3 is 2.52 bits per heavy atom. The largest absolute Gasteiger partial charge is 0.366 e. The summed E-state index contributed by atoms with van der Waals surface area (Å²) < 4.78 is 0. The van der Waals surface area contributed by atoms with Crippen molar-refractivity contribution in [2.24, 2.45) is 5.73 Å². The maximum Gasteiger partial charge on any atom is 0.248 e. The summed E-state index contributed by atoms with van der Waals surface area (Å²) in [5, 5.41) is 4.05. The molecule has 0 aliphatic carbocycles. The van der Waals surface area contributed by atoms with Crippen LogP contribution in [0, 0.1) is 0 Å². The van der Waals surface area contributed by atoms with Crippen molar-refractivity contribution in [3.63, 3.8) is 0 Å². The van der Waals surface area contributed by atoms with Gasteiger partial charge in [0.1, 0.15) is 0 Å². The van der Waals surface area contributed by atoms with Gasteiger partial charge in [-0.05, 0) is 29.7 Å². The van der Waals surface area contributed by atoms with Gasteiger partial charge in [-0.15, -0.1) is 0 Å². The van der Waals surface area contributed by atoms with E-state index in [9.17, 15) is 4.79 Å². The number of hydrogen-bond acceptors (Lipinski definition) is 2. The van der Waals surface area contributed by atoms with Crippen LogP contribution in [0.3, 0.4) is 0 Å². The number of nitrogens with two attached hydrogens (primary N) is 1. The van der Waals surface area contributed by atoms with Crippen molar-refractivity contribution in [1.29, 1.82) is 0 Å². The van der Waals surface area contributed by atoms with Gasteiger partial charge in [-0.2, -0.15) is 0 Å². The van der Waals surface area contributed by atoms with Gasteiger partial charge in [0.25, 0.3) is 0 Å². The van der Waals surface area contributed by atoms with Crippen molar-refractivity contribution < 1.29 is 4.79 Å². The first-order valence-corrected chi connectivity index (χ1v) is 7.36. The molecule has 21 heavy (non-hydrogen) atoms. The van der Waals surface area contributed by atoms with Crippen molar-refractivity contribution in [1.82, 2.24) is 5.32 Å². The molecular weight excluding hydrogens is 284 g/mol. The number of rotatable bonds is 6. The molecule has 0 aliphatic rings. The van der Waals surface area contributed by atoms with E-state index in [-0.39, 0.29) is 6.04 Å². The van der Waals surface area contributed by atoms with Crippen LogP contribution >= 0.6 is 11.6 Å². The molecule has 1 amide bonds. The molecule has 0 saturated heterocycles. The van der Waals surface area contributed by atoms with Gasteiger partial charge in [0.05, 0.1) is 0 Å². The van der Waals surface area contributed by atoms with Crippen LogP contribution in [-0.4, -0.2) is 5.91 Å². The molecule has 1 atom stereocenters. The van der Waals surface area contributed by atoms with E-state index in [2.05, 4.69) is 24.4 Å². The van der Waals surface area contributed by atoms with E-state index >= 15 is 0 Å². The van der Waals surface area contributed by atoms with Crippen molar-refractivity contribution in [3.8, 4) is 0 Å². The quantitative estimate of drug-likeness (QED) is 0.855. The average Bonchev–Trinajstić information content (AvgIpc) is 2.50. The Bertz CT molecular complexity index is 613. The molecular formula is C17H19ClN2O. The predicted octanol–water partition coefficient (Wildman–Crippen LogP) is 3.68. The Morgan fingerprint density at radius 1 is 1.24 bits per heavy atom. The maximum absolute atomic E-state index is 11.1. The molecule has 0 aromatic heterocycles. The SMILES string of the molecule is CCC(NCc1ccc(C(N)=O)cc1Cl)c1ccccc1. The van der Waals surface area contributed by atoms with E-state index in [4.69, 9.17) is 17.3 Å². The van der Waals surface area contributed by atoms with Gasteiger partial charge >= 0.3 is 0 Å². The summed E-state index contributed by atoms with van der Waals surface area (Å²) >= 11 is 6.20. The highest BCUT2D eigenvalue weighted by Gasteiger charge is 2.10. The fourth-order valence-electron chi connectivity index (χ4n) is 2.26. The highest BCUT2D eigenvalue weighted by Crippen LogP contribution is 2.21. The number of hydrogen-bond donors (Lipinski definition) is 2. The number of primary amides is 1. The Labute approximate surface area is 130 Å². The van der Waals surface area contributed by atoms with Gasteiger partial charge < -0.3 is 11.1 Å². The van der Waals surface area contributed by atoms with Crippen LogP contribution in [0.2, 0.25) is 5.02 Å². The van der Waals surface area contributed by atoms with E-state index < -0.39 is 5.91 Å². The molecule has 3 nitrogen and oxygen atoms in total. The normalized spacial score (nSPS) is 12.1. The minimum Gasteiger partial charge on any atom is -0.366 e. The van der Waals surface area contributed by atoms with E-state index in [1.54, 1.807) is 12.1 Å². The predicted molar refractivity (Wildman–Crippen MR) is 86.3 cm³/mol. The number of carbonyl (C=O) groups is 1. The average molecular weight is 303 g/mol. The van der Waals surface area contributed by atoms with Crippen molar-refractivity contribution >= 4 is 17.5 Å². The smallest absolute Gasteiger partial charge is 0.248 e. The molecule has 0 bridgehead atoms. The number of benzene rings is 2. The topological polar surface area (TPSA) is 55.1 Å². The van der Waals surface area contributed by atoms with Crippen molar-refractivity contribution in [2.75, 3.05) is 0 Å². The molecule has 3 N–H and O–H groups in total. The molecule has 0 spiro atoms. The van der Waals surface area contributed by atoms with E-state index in [1.165, 1.54) is 5.56 Å². The van der Waals surface area contributed by atoms with Crippen LogP contribution in [0.1, 0.15) is 40.9 Å². The van der Waals surface area contributed by atoms with Gasteiger partial charge in [0, 0.05) is 23.2 Å². The molecule has 0 fully saturated rings. The summed E-state index contributed by atoms with van der Waals surface area (Å²) in [6, 6.07) is 15.7. The summed E-state index contributed by atoms with van der Waals surface area (Å²) in [6.07, 6.45) is 0.987. The monoisotopic (exact) mass is 302 g/mol. The summed E-state index contributed by atoms with van der Waals surface area (Å²) in [5.74, 6) is -0.466. The first kappa shape index (κ1) is 15.5. The molecule has 0 saturated carbocycles. The fourth-order valence-corrected chi connectivity index (χ4v) is 2.51. The van der Waals surface area contributed by atoms with Crippen LogP contribution in [0.25, 0.3) is 0 Å². The fraction of sp³-hybridized carbons (Fsp3) is 0.235. The van der Waals surface area contributed by atoms with Gasteiger partial charge in [0.2, 0.25) is 5.91 Å². The highest BCUT2D eigenvalue weighted by atomic mass is 35.5. The van der Waals surface area contributed by atoms with E-state index in [0.29, 0.717) is 17.1 Å². The minimum atomic E-state index is -0.466. The lowest BCUT2D eigenvalue weighted by Gasteiger charge is -2.18.